The van der Waals surface area contributed by atoms with Crippen LogP contribution in [0.5, 0.6) is 0 Å². The van der Waals surface area contributed by atoms with E-state index in [1.54, 1.807) is 0 Å². The summed E-state index contributed by atoms with van der Waals surface area (Å²) in [5, 5.41) is 10.0. The maximum Gasteiger partial charge on any atom is 0.103 e. The molecule has 78 valence electrons. The summed E-state index contributed by atoms with van der Waals surface area (Å²) in [6.45, 7) is 2.24. The quantitative estimate of drug-likeness (QED) is 0.707. The average Bonchev–Trinajstić information content (AvgIpc) is 2.63. The van der Waals surface area contributed by atoms with Crippen LogP contribution < -0.4 is 0 Å². The van der Waals surface area contributed by atoms with Crippen LogP contribution in [0.25, 0.3) is 0 Å². The Labute approximate surface area is 91.3 Å². The fourth-order valence-corrected chi connectivity index (χ4v) is 4.62. The summed E-state index contributed by atoms with van der Waals surface area (Å²) in [5.41, 5.74) is 0. The lowest BCUT2D eigenvalue weighted by molar-refractivity contribution is 0.269. The highest BCUT2D eigenvalue weighted by Gasteiger charge is 2.45. The summed E-state index contributed by atoms with van der Waals surface area (Å²) in [5.74, 6) is 0.837. The van der Waals surface area contributed by atoms with Crippen molar-refractivity contribution < 1.29 is 0 Å². The molecule has 0 amide bonds. The molecule has 2 aliphatic rings. The van der Waals surface area contributed by atoms with Gasteiger partial charge < -0.3 is 0 Å². The Balaban J connectivity index is 1.86. The lowest BCUT2D eigenvalue weighted by atomic mass is 9.73. The SMILES string of the molecule is CCC1CC(C#N)(SC2CCCC2)C1. The van der Waals surface area contributed by atoms with E-state index in [9.17, 15) is 5.26 Å². The summed E-state index contributed by atoms with van der Waals surface area (Å²) in [7, 11) is 0. The first-order chi connectivity index (χ1) is 6.78. The average molecular weight is 209 g/mol. The van der Waals surface area contributed by atoms with E-state index < -0.39 is 0 Å². The maximum atomic E-state index is 9.24. The van der Waals surface area contributed by atoms with Gasteiger partial charge in [-0.05, 0) is 31.6 Å². The molecular weight excluding hydrogens is 190 g/mol. The Hall–Kier alpha value is -0.160. The van der Waals surface area contributed by atoms with Crippen molar-refractivity contribution in [2.75, 3.05) is 0 Å². The molecule has 0 bridgehead atoms. The third-order valence-corrected chi connectivity index (χ3v) is 5.39. The van der Waals surface area contributed by atoms with Gasteiger partial charge in [0.1, 0.15) is 4.75 Å². The number of thioether (sulfide) groups is 1. The molecule has 0 N–H and O–H groups in total. The maximum absolute atomic E-state index is 9.24. The summed E-state index contributed by atoms with van der Waals surface area (Å²) in [6.07, 6.45) is 9.04. The van der Waals surface area contributed by atoms with Gasteiger partial charge in [-0.3, -0.25) is 0 Å². The standard InChI is InChI=1S/C12H19NS/c1-2-10-7-12(8-10,9-13)14-11-5-3-4-6-11/h10-11H,2-8H2,1H3. The van der Waals surface area contributed by atoms with Gasteiger partial charge in [-0.15, -0.1) is 11.8 Å². The molecule has 0 unspecified atom stereocenters. The van der Waals surface area contributed by atoms with Crippen molar-refractivity contribution >= 4 is 11.8 Å². The van der Waals surface area contributed by atoms with Gasteiger partial charge in [0.2, 0.25) is 0 Å². The van der Waals surface area contributed by atoms with Crippen LogP contribution in [0.2, 0.25) is 0 Å². The predicted molar refractivity (Wildman–Crippen MR) is 61.2 cm³/mol. The molecule has 0 aromatic heterocycles. The van der Waals surface area contributed by atoms with E-state index in [2.05, 4.69) is 13.0 Å². The van der Waals surface area contributed by atoms with Crippen LogP contribution in [-0.2, 0) is 0 Å². The molecule has 0 aromatic rings. The molecule has 0 heterocycles. The van der Waals surface area contributed by atoms with Gasteiger partial charge in [0, 0.05) is 5.25 Å². The van der Waals surface area contributed by atoms with Crippen LogP contribution in [-0.4, -0.2) is 10.00 Å². The summed E-state index contributed by atoms with van der Waals surface area (Å²) in [6, 6.07) is 2.57. The largest absolute Gasteiger partial charge is 0.197 e. The van der Waals surface area contributed by atoms with Gasteiger partial charge in [0.15, 0.2) is 0 Å². The molecule has 2 rings (SSSR count). The highest BCUT2D eigenvalue weighted by Crippen LogP contribution is 2.52. The predicted octanol–water partition coefficient (Wildman–Crippen LogP) is 3.74. The molecular formula is C12H19NS. The first kappa shape index (κ1) is 10.4. The zero-order chi connectivity index (χ0) is 10.0. The second kappa shape index (κ2) is 4.14. The lowest BCUT2D eigenvalue weighted by Crippen LogP contribution is -2.40. The van der Waals surface area contributed by atoms with Gasteiger partial charge in [-0.25, -0.2) is 0 Å². The molecule has 0 aromatic carbocycles. The Morgan fingerprint density at radius 1 is 1.36 bits per heavy atom. The monoisotopic (exact) mass is 209 g/mol. The minimum atomic E-state index is 0.0235. The lowest BCUT2D eigenvalue weighted by Gasteiger charge is -2.43. The van der Waals surface area contributed by atoms with Crippen molar-refractivity contribution in [1.82, 2.24) is 0 Å². The number of hydrogen-bond acceptors (Lipinski definition) is 2. The molecule has 2 fully saturated rings. The number of hydrogen-bond donors (Lipinski definition) is 0. The Morgan fingerprint density at radius 2 is 2.00 bits per heavy atom. The van der Waals surface area contributed by atoms with Gasteiger partial charge in [-0.2, -0.15) is 5.26 Å². The first-order valence-electron chi connectivity index (χ1n) is 5.87. The fourth-order valence-electron chi connectivity index (χ4n) is 2.70. The summed E-state index contributed by atoms with van der Waals surface area (Å²) < 4.78 is 0.0235. The van der Waals surface area contributed by atoms with Crippen molar-refractivity contribution in [1.29, 1.82) is 5.26 Å². The third kappa shape index (κ3) is 1.93. The van der Waals surface area contributed by atoms with Gasteiger partial charge >= 0.3 is 0 Å². The first-order valence-corrected chi connectivity index (χ1v) is 6.75. The van der Waals surface area contributed by atoms with Crippen molar-refractivity contribution in [3.05, 3.63) is 0 Å². The van der Waals surface area contributed by atoms with E-state index in [-0.39, 0.29) is 4.75 Å². The Morgan fingerprint density at radius 3 is 2.50 bits per heavy atom. The molecule has 0 saturated heterocycles. The van der Waals surface area contributed by atoms with E-state index in [4.69, 9.17) is 0 Å². The highest BCUT2D eigenvalue weighted by molar-refractivity contribution is 8.01. The summed E-state index contributed by atoms with van der Waals surface area (Å²) >= 11 is 2.00. The van der Waals surface area contributed by atoms with Crippen LogP contribution >= 0.6 is 11.8 Å². The second-order valence-electron chi connectivity index (χ2n) is 4.81. The second-order valence-corrected chi connectivity index (χ2v) is 6.50. The zero-order valence-electron chi connectivity index (χ0n) is 8.96. The fraction of sp³-hybridized carbons (Fsp3) is 0.917. The van der Waals surface area contributed by atoms with E-state index in [0.717, 1.165) is 24.0 Å². The molecule has 14 heavy (non-hydrogen) atoms. The Bertz CT molecular complexity index is 231. The van der Waals surface area contributed by atoms with Gasteiger partial charge in [0.25, 0.3) is 0 Å². The van der Waals surface area contributed by atoms with Crippen molar-refractivity contribution in [2.45, 2.75) is 61.9 Å². The molecule has 2 aliphatic carbocycles. The van der Waals surface area contributed by atoms with E-state index >= 15 is 0 Å². The number of rotatable bonds is 3. The van der Waals surface area contributed by atoms with Crippen LogP contribution in [0, 0.1) is 17.2 Å². The Kier molecular flexibility index (Phi) is 3.07. The third-order valence-electron chi connectivity index (χ3n) is 3.71. The molecule has 0 atom stereocenters. The molecule has 0 radical (unpaired) electrons. The van der Waals surface area contributed by atoms with Crippen molar-refractivity contribution in [3.8, 4) is 6.07 Å². The molecule has 0 aliphatic heterocycles. The van der Waals surface area contributed by atoms with Crippen molar-refractivity contribution in [3.63, 3.8) is 0 Å². The van der Waals surface area contributed by atoms with Gasteiger partial charge in [0.05, 0.1) is 6.07 Å². The van der Waals surface area contributed by atoms with Crippen LogP contribution in [0.1, 0.15) is 51.9 Å². The zero-order valence-corrected chi connectivity index (χ0v) is 9.78. The smallest absolute Gasteiger partial charge is 0.103 e. The molecule has 0 spiro atoms. The normalized spacial score (nSPS) is 37.9. The molecule has 2 saturated carbocycles. The molecule has 1 nitrogen and oxygen atoms in total. The topological polar surface area (TPSA) is 23.8 Å². The van der Waals surface area contributed by atoms with E-state index in [1.807, 2.05) is 11.8 Å². The van der Waals surface area contributed by atoms with Gasteiger partial charge in [-0.1, -0.05) is 26.2 Å². The van der Waals surface area contributed by atoms with E-state index in [0.29, 0.717) is 0 Å². The van der Waals surface area contributed by atoms with Crippen LogP contribution in [0.4, 0.5) is 0 Å². The highest BCUT2D eigenvalue weighted by atomic mass is 32.2. The number of nitriles is 1. The minimum Gasteiger partial charge on any atom is -0.197 e. The van der Waals surface area contributed by atoms with Crippen molar-refractivity contribution in [2.24, 2.45) is 5.92 Å². The van der Waals surface area contributed by atoms with Crippen LogP contribution in [0.3, 0.4) is 0 Å². The minimum absolute atomic E-state index is 0.0235. The summed E-state index contributed by atoms with van der Waals surface area (Å²) in [4.78, 5) is 0. The number of nitrogens with zero attached hydrogens (tertiary/aromatic N) is 1. The van der Waals surface area contributed by atoms with E-state index in [1.165, 1.54) is 32.1 Å². The van der Waals surface area contributed by atoms with Crippen LogP contribution in [0.15, 0.2) is 0 Å². The molecule has 2 heteroatoms.